The van der Waals surface area contributed by atoms with Crippen LogP contribution in [0.4, 0.5) is 11.4 Å². The van der Waals surface area contributed by atoms with Crippen molar-refractivity contribution in [2.45, 2.75) is 18.2 Å². The van der Waals surface area contributed by atoms with Crippen molar-refractivity contribution in [3.8, 4) is 0 Å². The molecule has 2 aromatic rings. The first kappa shape index (κ1) is 24.2. The number of non-ortho nitro benzene ring substituents is 1. The van der Waals surface area contributed by atoms with E-state index in [-0.39, 0.29) is 22.6 Å². The summed E-state index contributed by atoms with van der Waals surface area (Å²) in [5.74, 6) is -0.675. The first-order valence-electron chi connectivity index (χ1n) is 9.99. The molecule has 0 bridgehead atoms. The molecule has 1 fully saturated rings. The molecule has 0 radical (unpaired) electrons. The Morgan fingerprint density at radius 3 is 2.30 bits per heavy atom. The SMILES string of the molecule is Cc1c(C(=O)NCCc2ccc(S(=O)(=O)N3CCOCC3)cc2)cc([N+](=O)[O-])cc1[N+](=O)[O-]. The largest absolute Gasteiger partial charge is 0.379 e. The maximum atomic E-state index is 12.7. The molecule has 1 aliphatic rings. The van der Waals surface area contributed by atoms with Gasteiger partial charge in [0.15, 0.2) is 0 Å². The molecular formula is C20H22N4O8S. The van der Waals surface area contributed by atoms with Crippen molar-refractivity contribution in [1.29, 1.82) is 0 Å². The van der Waals surface area contributed by atoms with Crippen molar-refractivity contribution in [3.05, 3.63) is 73.3 Å². The van der Waals surface area contributed by atoms with Crippen LogP contribution in [0.5, 0.6) is 0 Å². The number of ether oxygens (including phenoxy) is 1. The minimum absolute atomic E-state index is 0.0285. The van der Waals surface area contributed by atoms with Crippen LogP contribution in [0.15, 0.2) is 41.3 Å². The topological polar surface area (TPSA) is 162 Å². The van der Waals surface area contributed by atoms with Crippen LogP contribution in [-0.4, -0.2) is 61.3 Å². The Kier molecular flexibility index (Phi) is 7.36. The van der Waals surface area contributed by atoms with Crippen LogP contribution in [0.3, 0.4) is 0 Å². The van der Waals surface area contributed by atoms with Gasteiger partial charge in [-0.25, -0.2) is 8.42 Å². The highest BCUT2D eigenvalue weighted by atomic mass is 32.2. The van der Waals surface area contributed by atoms with E-state index >= 15 is 0 Å². The minimum atomic E-state index is -3.60. The summed E-state index contributed by atoms with van der Waals surface area (Å²) in [6, 6.07) is 8.10. The van der Waals surface area contributed by atoms with E-state index in [1.54, 1.807) is 12.1 Å². The zero-order valence-corrected chi connectivity index (χ0v) is 18.5. The second-order valence-corrected chi connectivity index (χ2v) is 9.26. The summed E-state index contributed by atoms with van der Waals surface area (Å²) in [4.78, 5) is 33.3. The van der Waals surface area contributed by atoms with E-state index in [0.29, 0.717) is 32.7 Å². The molecule has 0 spiro atoms. The molecule has 0 atom stereocenters. The average molecular weight is 478 g/mol. The second kappa shape index (κ2) is 10.0. The molecule has 12 nitrogen and oxygen atoms in total. The zero-order valence-electron chi connectivity index (χ0n) is 17.7. The fourth-order valence-electron chi connectivity index (χ4n) is 3.39. The van der Waals surface area contributed by atoms with Crippen LogP contribution in [-0.2, 0) is 21.2 Å². The lowest BCUT2D eigenvalue weighted by atomic mass is 10.0. The van der Waals surface area contributed by atoms with E-state index in [1.807, 2.05) is 0 Å². The Morgan fingerprint density at radius 2 is 1.73 bits per heavy atom. The van der Waals surface area contributed by atoms with Gasteiger partial charge >= 0.3 is 0 Å². The monoisotopic (exact) mass is 478 g/mol. The Balaban J connectivity index is 1.65. The summed E-state index contributed by atoms with van der Waals surface area (Å²) in [7, 11) is -3.60. The highest BCUT2D eigenvalue weighted by molar-refractivity contribution is 7.89. The van der Waals surface area contributed by atoms with Gasteiger partial charge in [-0.05, 0) is 31.0 Å². The van der Waals surface area contributed by atoms with E-state index in [4.69, 9.17) is 4.74 Å². The predicted octanol–water partition coefficient (Wildman–Crippen LogP) is 1.80. The number of hydrogen-bond acceptors (Lipinski definition) is 8. The number of nitrogens with zero attached hydrogens (tertiary/aromatic N) is 3. The third kappa shape index (κ3) is 5.50. The van der Waals surface area contributed by atoms with Gasteiger partial charge in [-0.3, -0.25) is 25.0 Å². The smallest absolute Gasteiger partial charge is 0.279 e. The summed E-state index contributed by atoms with van der Waals surface area (Å²) in [6.45, 7) is 2.79. The van der Waals surface area contributed by atoms with Crippen molar-refractivity contribution >= 4 is 27.3 Å². The molecule has 0 saturated carbocycles. The molecular weight excluding hydrogens is 456 g/mol. The molecule has 1 saturated heterocycles. The molecule has 1 aliphatic heterocycles. The number of carbonyl (C=O) groups is 1. The van der Waals surface area contributed by atoms with Crippen molar-refractivity contribution in [2.24, 2.45) is 0 Å². The summed E-state index contributed by atoms with van der Waals surface area (Å²) in [5, 5.41) is 24.8. The molecule has 0 aliphatic carbocycles. The van der Waals surface area contributed by atoms with Gasteiger partial charge < -0.3 is 10.1 Å². The minimum Gasteiger partial charge on any atom is -0.379 e. The standard InChI is InChI=1S/C20H22N4O8S/c1-14-18(12-16(23(26)27)13-19(14)24(28)29)20(25)21-7-6-15-2-4-17(5-3-15)33(30,31)22-8-10-32-11-9-22/h2-5,12-13H,6-11H2,1H3,(H,21,25). The lowest BCUT2D eigenvalue weighted by Crippen LogP contribution is -2.40. The maximum Gasteiger partial charge on any atom is 0.279 e. The van der Waals surface area contributed by atoms with Crippen molar-refractivity contribution in [1.82, 2.24) is 9.62 Å². The Morgan fingerprint density at radius 1 is 1.09 bits per heavy atom. The van der Waals surface area contributed by atoms with Crippen LogP contribution >= 0.6 is 0 Å². The highest BCUT2D eigenvalue weighted by Gasteiger charge is 2.26. The van der Waals surface area contributed by atoms with Crippen LogP contribution in [0.25, 0.3) is 0 Å². The third-order valence-corrected chi connectivity index (χ3v) is 7.16. The number of benzene rings is 2. The molecule has 33 heavy (non-hydrogen) atoms. The molecule has 0 aromatic heterocycles. The summed E-state index contributed by atoms with van der Waals surface area (Å²) in [6.07, 6.45) is 0.361. The van der Waals surface area contributed by atoms with E-state index in [2.05, 4.69) is 5.32 Å². The third-order valence-electron chi connectivity index (χ3n) is 5.25. The molecule has 13 heteroatoms. The molecule has 1 N–H and O–H groups in total. The van der Waals surface area contributed by atoms with Gasteiger partial charge in [-0.1, -0.05) is 12.1 Å². The fraction of sp³-hybridized carbons (Fsp3) is 0.350. The molecule has 1 heterocycles. The van der Waals surface area contributed by atoms with E-state index in [0.717, 1.165) is 17.7 Å². The normalized spacial score (nSPS) is 14.6. The number of carbonyl (C=O) groups excluding carboxylic acids is 1. The zero-order chi connectivity index (χ0) is 24.2. The number of rotatable bonds is 8. The Hall–Kier alpha value is -3.42. The average Bonchev–Trinajstić information content (AvgIpc) is 2.79. The number of sulfonamides is 1. The van der Waals surface area contributed by atoms with Gasteiger partial charge in [0.2, 0.25) is 10.0 Å². The van der Waals surface area contributed by atoms with Crippen molar-refractivity contribution < 1.29 is 27.8 Å². The van der Waals surface area contributed by atoms with E-state index in [9.17, 15) is 33.4 Å². The molecule has 176 valence electrons. The van der Waals surface area contributed by atoms with Crippen LogP contribution in [0.2, 0.25) is 0 Å². The fourth-order valence-corrected chi connectivity index (χ4v) is 4.80. The number of amides is 1. The van der Waals surface area contributed by atoms with E-state index in [1.165, 1.54) is 23.4 Å². The van der Waals surface area contributed by atoms with Gasteiger partial charge in [0, 0.05) is 31.3 Å². The lowest BCUT2D eigenvalue weighted by Gasteiger charge is -2.26. The number of morpholine rings is 1. The summed E-state index contributed by atoms with van der Waals surface area (Å²) < 4.78 is 31.9. The van der Waals surface area contributed by atoms with Crippen LogP contribution in [0.1, 0.15) is 21.5 Å². The van der Waals surface area contributed by atoms with E-state index < -0.39 is 37.2 Å². The van der Waals surface area contributed by atoms with Crippen molar-refractivity contribution in [2.75, 3.05) is 32.8 Å². The molecule has 2 aromatic carbocycles. The quantitative estimate of drug-likeness (QED) is 0.443. The first-order valence-corrected chi connectivity index (χ1v) is 11.4. The van der Waals surface area contributed by atoms with Gasteiger partial charge in [0.05, 0.1) is 39.6 Å². The lowest BCUT2D eigenvalue weighted by molar-refractivity contribution is -0.394. The number of hydrogen-bond donors (Lipinski definition) is 1. The van der Waals surface area contributed by atoms with Gasteiger partial charge in [-0.15, -0.1) is 0 Å². The molecule has 0 unspecified atom stereocenters. The Labute approximate surface area is 189 Å². The number of nitro groups is 2. The Bertz CT molecular complexity index is 1180. The van der Waals surface area contributed by atoms with Crippen molar-refractivity contribution in [3.63, 3.8) is 0 Å². The van der Waals surface area contributed by atoms with Crippen LogP contribution in [0, 0.1) is 27.2 Å². The van der Waals surface area contributed by atoms with Crippen LogP contribution < -0.4 is 5.32 Å². The summed E-state index contributed by atoms with van der Waals surface area (Å²) in [5.41, 5.74) is -0.414. The van der Waals surface area contributed by atoms with Gasteiger partial charge in [0.1, 0.15) is 0 Å². The second-order valence-electron chi connectivity index (χ2n) is 7.32. The summed E-state index contributed by atoms with van der Waals surface area (Å²) >= 11 is 0. The highest BCUT2D eigenvalue weighted by Crippen LogP contribution is 2.28. The maximum absolute atomic E-state index is 12.7. The van der Waals surface area contributed by atoms with Gasteiger partial charge in [0.25, 0.3) is 17.3 Å². The van der Waals surface area contributed by atoms with Gasteiger partial charge in [-0.2, -0.15) is 4.31 Å². The molecule has 1 amide bonds. The predicted molar refractivity (Wildman–Crippen MR) is 117 cm³/mol. The molecule has 3 rings (SSSR count). The first-order chi connectivity index (χ1) is 15.6. The number of nitro benzene ring substituents is 2. The number of nitrogens with one attached hydrogen (secondary N) is 1.